The Hall–Kier alpha value is -0.550. The summed E-state index contributed by atoms with van der Waals surface area (Å²) in [6, 6.07) is -0.499. The highest BCUT2D eigenvalue weighted by Crippen LogP contribution is 2.26. The number of nitrogens with one attached hydrogen (secondary N) is 1. The molecule has 2 N–H and O–H groups in total. The van der Waals surface area contributed by atoms with E-state index in [2.05, 4.69) is 10.3 Å². The molecule has 0 radical (unpaired) electrons. The summed E-state index contributed by atoms with van der Waals surface area (Å²) in [6.07, 6.45) is 1.10. The number of rotatable bonds is 2. The summed E-state index contributed by atoms with van der Waals surface area (Å²) >= 11 is 1.61. The number of carboxylic acids is 1. The van der Waals surface area contributed by atoms with Gasteiger partial charge in [0, 0.05) is 18.2 Å². The van der Waals surface area contributed by atoms with Crippen LogP contribution in [0.4, 0.5) is 0 Å². The van der Waals surface area contributed by atoms with Gasteiger partial charge in [0.25, 0.3) is 0 Å². The minimum absolute atomic E-state index is 0.467. The Balaban J connectivity index is 2.00. The van der Waals surface area contributed by atoms with E-state index in [0.717, 1.165) is 24.6 Å². The van der Waals surface area contributed by atoms with Gasteiger partial charge in [-0.1, -0.05) is 0 Å². The van der Waals surface area contributed by atoms with Gasteiger partial charge in [-0.2, -0.15) is 0 Å². The number of nitrogens with zero attached hydrogens (tertiary/aromatic N) is 1. The summed E-state index contributed by atoms with van der Waals surface area (Å²) in [6.45, 7) is 1.99. The third-order valence-corrected chi connectivity index (χ3v) is 3.58. The molecule has 2 aliphatic heterocycles. The molecule has 0 aromatic heterocycles. The van der Waals surface area contributed by atoms with Crippen LogP contribution in [-0.2, 0) is 4.79 Å². The predicted octanol–water partition coefficient (Wildman–Crippen LogP) is 0.194. The molecule has 4 nitrogen and oxygen atoms in total. The van der Waals surface area contributed by atoms with Crippen LogP contribution >= 0.6 is 11.8 Å². The van der Waals surface area contributed by atoms with Crippen molar-refractivity contribution in [2.75, 3.05) is 18.8 Å². The van der Waals surface area contributed by atoms with E-state index in [-0.39, 0.29) is 0 Å². The molecule has 0 aromatic carbocycles. The lowest BCUT2D eigenvalue weighted by Gasteiger charge is -2.05. The summed E-state index contributed by atoms with van der Waals surface area (Å²) < 4.78 is 0. The predicted molar refractivity (Wildman–Crippen MR) is 52.3 cm³/mol. The Bertz CT molecular complexity index is 249. The van der Waals surface area contributed by atoms with E-state index in [1.165, 1.54) is 0 Å². The first-order chi connectivity index (χ1) is 6.27. The summed E-state index contributed by atoms with van der Waals surface area (Å²) in [5.74, 6) is 0.282. The second-order valence-corrected chi connectivity index (χ2v) is 4.36. The lowest BCUT2D eigenvalue weighted by atomic mass is 10.1. The van der Waals surface area contributed by atoms with Gasteiger partial charge in [-0.25, -0.2) is 4.79 Å². The number of aliphatic imine (C=N–C) groups is 1. The molecular weight excluding hydrogens is 188 g/mol. The van der Waals surface area contributed by atoms with Crippen molar-refractivity contribution in [2.45, 2.75) is 12.5 Å². The van der Waals surface area contributed by atoms with Crippen LogP contribution in [0.5, 0.6) is 0 Å². The highest BCUT2D eigenvalue weighted by molar-refractivity contribution is 8.14. The van der Waals surface area contributed by atoms with Crippen LogP contribution in [0.1, 0.15) is 6.42 Å². The summed E-state index contributed by atoms with van der Waals surface area (Å²) in [4.78, 5) is 14.8. The second kappa shape index (κ2) is 3.67. The molecular formula is C8H12N2O2S. The molecule has 72 valence electrons. The molecule has 0 bridgehead atoms. The zero-order valence-electron chi connectivity index (χ0n) is 7.19. The number of carbonyl (C=O) groups is 1. The SMILES string of the molecule is O=C(O)C1CSC(C2CCNC2)=N1. The quantitative estimate of drug-likeness (QED) is 0.668. The Labute approximate surface area is 80.8 Å². The van der Waals surface area contributed by atoms with E-state index in [1.807, 2.05) is 0 Å². The van der Waals surface area contributed by atoms with Crippen molar-refractivity contribution in [3.8, 4) is 0 Å². The van der Waals surface area contributed by atoms with Gasteiger partial charge in [-0.15, -0.1) is 11.8 Å². The molecule has 1 fully saturated rings. The Morgan fingerprint density at radius 3 is 3.08 bits per heavy atom. The van der Waals surface area contributed by atoms with Gasteiger partial charge in [0.1, 0.15) is 0 Å². The third-order valence-electron chi connectivity index (χ3n) is 2.37. The average Bonchev–Trinajstić information content (AvgIpc) is 2.75. The maximum absolute atomic E-state index is 10.6. The summed E-state index contributed by atoms with van der Waals surface area (Å²) in [5, 5.41) is 13.0. The largest absolute Gasteiger partial charge is 0.480 e. The van der Waals surface area contributed by atoms with Gasteiger partial charge < -0.3 is 10.4 Å². The van der Waals surface area contributed by atoms with Crippen LogP contribution in [0, 0.1) is 5.92 Å². The summed E-state index contributed by atoms with van der Waals surface area (Å²) in [5.41, 5.74) is 0. The molecule has 2 atom stereocenters. The fourth-order valence-corrected chi connectivity index (χ4v) is 2.79. The van der Waals surface area contributed by atoms with Crippen LogP contribution in [0.15, 0.2) is 4.99 Å². The fourth-order valence-electron chi connectivity index (χ4n) is 1.61. The Morgan fingerprint density at radius 2 is 2.54 bits per heavy atom. The molecule has 0 aliphatic carbocycles. The second-order valence-electron chi connectivity index (χ2n) is 3.32. The maximum Gasteiger partial charge on any atom is 0.329 e. The fraction of sp³-hybridized carbons (Fsp3) is 0.750. The minimum Gasteiger partial charge on any atom is -0.480 e. The van der Waals surface area contributed by atoms with Gasteiger partial charge in [0.15, 0.2) is 6.04 Å². The van der Waals surface area contributed by atoms with Gasteiger partial charge in [0.05, 0.1) is 5.04 Å². The Kier molecular flexibility index (Phi) is 2.55. The number of carboxylic acid groups (broad SMARTS) is 1. The first-order valence-electron chi connectivity index (χ1n) is 4.41. The molecule has 2 heterocycles. The topological polar surface area (TPSA) is 61.7 Å². The van der Waals surface area contributed by atoms with E-state index >= 15 is 0 Å². The van der Waals surface area contributed by atoms with Crippen molar-refractivity contribution in [1.29, 1.82) is 0 Å². The van der Waals surface area contributed by atoms with Gasteiger partial charge in [-0.05, 0) is 13.0 Å². The molecule has 13 heavy (non-hydrogen) atoms. The maximum atomic E-state index is 10.6. The number of aliphatic carboxylic acids is 1. The van der Waals surface area contributed by atoms with Crippen LogP contribution in [0.25, 0.3) is 0 Å². The van der Waals surface area contributed by atoms with Crippen LogP contribution < -0.4 is 5.32 Å². The standard InChI is InChI=1S/C8H12N2O2S/c11-8(12)6-4-13-7(10-6)5-1-2-9-3-5/h5-6,9H,1-4H2,(H,11,12). The molecule has 2 unspecified atom stereocenters. The van der Waals surface area contributed by atoms with E-state index in [4.69, 9.17) is 5.11 Å². The van der Waals surface area contributed by atoms with Gasteiger partial charge in [-0.3, -0.25) is 4.99 Å². The first kappa shape index (κ1) is 9.02. The zero-order valence-corrected chi connectivity index (χ0v) is 8.01. The van der Waals surface area contributed by atoms with E-state index in [0.29, 0.717) is 11.7 Å². The minimum atomic E-state index is -0.798. The molecule has 2 rings (SSSR count). The van der Waals surface area contributed by atoms with Crippen molar-refractivity contribution in [3.63, 3.8) is 0 Å². The smallest absolute Gasteiger partial charge is 0.329 e. The number of hydrogen-bond acceptors (Lipinski definition) is 4. The lowest BCUT2D eigenvalue weighted by Crippen LogP contribution is -2.17. The number of thioether (sulfide) groups is 1. The third kappa shape index (κ3) is 1.86. The summed E-state index contributed by atoms with van der Waals surface area (Å²) in [7, 11) is 0. The van der Waals surface area contributed by atoms with Crippen molar-refractivity contribution >= 4 is 22.8 Å². The van der Waals surface area contributed by atoms with Crippen LogP contribution in [-0.4, -0.2) is 41.0 Å². The normalized spacial score (nSPS) is 33.4. The molecule has 0 amide bonds. The van der Waals surface area contributed by atoms with Gasteiger partial charge in [0.2, 0.25) is 0 Å². The van der Waals surface area contributed by atoms with Gasteiger partial charge >= 0.3 is 5.97 Å². The van der Waals surface area contributed by atoms with E-state index in [9.17, 15) is 4.79 Å². The molecule has 0 spiro atoms. The molecule has 0 saturated carbocycles. The van der Waals surface area contributed by atoms with Crippen molar-refractivity contribution in [3.05, 3.63) is 0 Å². The highest BCUT2D eigenvalue weighted by Gasteiger charge is 2.30. The first-order valence-corrected chi connectivity index (χ1v) is 5.40. The highest BCUT2D eigenvalue weighted by atomic mass is 32.2. The van der Waals surface area contributed by atoms with Crippen molar-refractivity contribution in [2.24, 2.45) is 10.9 Å². The average molecular weight is 200 g/mol. The molecule has 2 aliphatic rings. The van der Waals surface area contributed by atoms with E-state index < -0.39 is 12.0 Å². The van der Waals surface area contributed by atoms with E-state index in [1.54, 1.807) is 11.8 Å². The monoisotopic (exact) mass is 200 g/mol. The number of hydrogen-bond donors (Lipinski definition) is 2. The van der Waals surface area contributed by atoms with Crippen molar-refractivity contribution in [1.82, 2.24) is 5.32 Å². The zero-order chi connectivity index (χ0) is 9.26. The molecule has 5 heteroatoms. The van der Waals surface area contributed by atoms with Crippen LogP contribution in [0.3, 0.4) is 0 Å². The lowest BCUT2D eigenvalue weighted by molar-refractivity contribution is -0.137. The Morgan fingerprint density at radius 1 is 1.69 bits per heavy atom. The van der Waals surface area contributed by atoms with Crippen molar-refractivity contribution < 1.29 is 9.90 Å². The molecule has 1 saturated heterocycles. The molecule has 0 aromatic rings. The van der Waals surface area contributed by atoms with Crippen LogP contribution in [0.2, 0.25) is 0 Å².